The zero-order valence-electron chi connectivity index (χ0n) is 14.7. The molecule has 3 rings (SSSR count). The van der Waals surface area contributed by atoms with Gasteiger partial charge in [-0.2, -0.15) is 11.8 Å². The number of nitrogens with zero attached hydrogens (tertiary/aromatic N) is 1. The fraction of sp³-hybridized carbons (Fsp3) is 0.500. The maximum atomic E-state index is 12.2. The van der Waals surface area contributed by atoms with Gasteiger partial charge in [-0.3, -0.25) is 4.79 Å². The van der Waals surface area contributed by atoms with Gasteiger partial charge in [-0.1, -0.05) is 13.8 Å². The van der Waals surface area contributed by atoms with Crippen LogP contribution in [0.3, 0.4) is 0 Å². The van der Waals surface area contributed by atoms with Crippen LogP contribution in [0, 0.1) is 5.92 Å². The number of nitrogens with one attached hydrogen (secondary N) is 2. The summed E-state index contributed by atoms with van der Waals surface area (Å²) in [6.07, 6.45) is 2.67. The molecule has 2 aromatic rings. The van der Waals surface area contributed by atoms with Crippen molar-refractivity contribution in [2.45, 2.75) is 32.9 Å². The highest BCUT2D eigenvalue weighted by Crippen LogP contribution is 2.22. The quantitative estimate of drug-likeness (QED) is 0.786. The molecule has 1 aromatic carbocycles. The van der Waals surface area contributed by atoms with E-state index in [9.17, 15) is 4.79 Å². The van der Waals surface area contributed by atoms with E-state index >= 15 is 0 Å². The van der Waals surface area contributed by atoms with Gasteiger partial charge in [0.05, 0.1) is 0 Å². The van der Waals surface area contributed by atoms with Gasteiger partial charge in [0.2, 0.25) is 5.91 Å². The Kier molecular flexibility index (Phi) is 9.14. The first-order valence-corrected chi connectivity index (χ1v) is 9.47. The Morgan fingerprint density at radius 1 is 1.36 bits per heavy atom. The largest absolute Gasteiger partial charge is 0.347 e. The Balaban J connectivity index is 0.00000156. The van der Waals surface area contributed by atoms with Gasteiger partial charge in [0, 0.05) is 59.8 Å². The number of halogens is 2. The lowest BCUT2D eigenvalue weighted by Crippen LogP contribution is -2.39. The molecule has 4 nitrogen and oxygen atoms in total. The lowest BCUT2D eigenvalue weighted by atomic mass is 10.2. The minimum Gasteiger partial charge on any atom is -0.347 e. The van der Waals surface area contributed by atoms with E-state index < -0.39 is 0 Å². The Morgan fingerprint density at radius 3 is 2.84 bits per heavy atom. The van der Waals surface area contributed by atoms with E-state index in [0.29, 0.717) is 18.4 Å². The van der Waals surface area contributed by atoms with Gasteiger partial charge < -0.3 is 15.2 Å². The summed E-state index contributed by atoms with van der Waals surface area (Å²) < 4.78 is 2.27. The molecule has 2 heterocycles. The number of aromatic nitrogens is 1. The van der Waals surface area contributed by atoms with Crippen molar-refractivity contribution in [3.05, 3.63) is 30.5 Å². The summed E-state index contributed by atoms with van der Waals surface area (Å²) in [6.45, 7) is 6.45. The third-order valence-electron chi connectivity index (χ3n) is 4.05. The van der Waals surface area contributed by atoms with Gasteiger partial charge in [-0.15, -0.1) is 24.8 Å². The number of amides is 1. The molecule has 140 valence electrons. The Hall–Kier alpha value is -0.880. The van der Waals surface area contributed by atoms with Crippen LogP contribution in [0.25, 0.3) is 10.9 Å². The number of hydrogen-bond acceptors (Lipinski definition) is 3. The van der Waals surface area contributed by atoms with Crippen molar-refractivity contribution in [3.63, 3.8) is 0 Å². The normalized spacial score (nSPS) is 17.0. The number of carbonyl (C=O) groups is 1. The maximum absolute atomic E-state index is 12.2. The van der Waals surface area contributed by atoms with E-state index in [-0.39, 0.29) is 30.7 Å². The van der Waals surface area contributed by atoms with Gasteiger partial charge in [-0.25, -0.2) is 0 Å². The van der Waals surface area contributed by atoms with Crippen LogP contribution in [-0.2, 0) is 11.3 Å². The molecule has 0 radical (unpaired) electrons. The molecular weight excluding hydrogens is 377 g/mol. The molecular formula is C18H27Cl2N3OS. The highest BCUT2D eigenvalue weighted by molar-refractivity contribution is 7.99. The van der Waals surface area contributed by atoms with Crippen molar-refractivity contribution >= 4 is 59.1 Å². The van der Waals surface area contributed by atoms with E-state index in [1.807, 2.05) is 17.8 Å². The molecule has 0 bridgehead atoms. The predicted octanol–water partition coefficient (Wildman–Crippen LogP) is 4.17. The van der Waals surface area contributed by atoms with E-state index in [2.05, 4.69) is 53.4 Å². The second kappa shape index (κ2) is 10.3. The van der Waals surface area contributed by atoms with Crippen molar-refractivity contribution in [2.24, 2.45) is 5.92 Å². The number of hydrogen-bond donors (Lipinski definition) is 2. The van der Waals surface area contributed by atoms with Crippen LogP contribution in [0.1, 0.15) is 20.3 Å². The Bertz CT molecular complexity index is 684. The maximum Gasteiger partial charge on any atom is 0.225 e. The van der Waals surface area contributed by atoms with Crippen LogP contribution in [-0.4, -0.2) is 34.6 Å². The highest BCUT2D eigenvalue weighted by Gasteiger charge is 2.16. The minimum absolute atomic E-state index is 0. The first kappa shape index (κ1) is 22.2. The third-order valence-corrected chi connectivity index (χ3v) is 5.18. The fourth-order valence-electron chi connectivity index (χ4n) is 3.02. The molecule has 1 aromatic heterocycles. The number of benzene rings is 1. The summed E-state index contributed by atoms with van der Waals surface area (Å²) in [5.41, 5.74) is 2.11. The number of anilines is 1. The molecule has 1 saturated heterocycles. The topological polar surface area (TPSA) is 46.1 Å². The molecule has 1 aliphatic heterocycles. The summed E-state index contributed by atoms with van der Waals surface area (Å²) in [5, 5.41) is 7.61. The summed E-state index contributed by atoms with van der Waals surface area (Å²) in [6, 6.07) is 8.58. The van der Waals surface area contributed by atoms with E-state index in [0.717, 1.165) is 30.3 Å². The van der Waals surface area contributed by atoms with Crippen LogP contribution in [0.2, 0.25) is 0 Å². The summed E-state index contributed by atoms with van der Waals surface area (Å²) in [4.78, 5) is 12.2. The summed E-state index contributed by atoms with van der Waals surface area (Å²) >= 11 is 1.92. The smallest absolute Gasteiger partial charge is 0.225 e. The number of thioether (sulfide) groups is 1. The predicted molar refractivity (Wildman–Crippen MR) is 114 cm³/mol. The average Bonchev–Trinajstić information content (AvgIpc) is 2.90. The molecule has 0 aliphatic carbocycles. The standard InChI is InChI=1S/C18H25N3OS.2ClH/c1-13(2)11-21-7-5-14-9-15(3-4-17(14)21)20-18(22)10-16-12-23-8-6-19-16;;/h3-5,7,9,13,16,19H,6,8,10-12H2,1-2H3,(H,20,22);2*1H. The van der Waals surface area contributed by atoms with Crippen LogP contribution < -0.4 is 10.6 Å². The molecule has 1 fully saturated rings. The second-order valence-electron chi connectivity index (χ2n) is 6.61. The lowest BCUT2D eigenvalue weighted by Gasteiger charge is -2.22. The Morgan fingerprint density at radius 2 is 2.16 bits per heavy atom. The SMILES string of the molecule is CC(C)Cn1ccc2cc(NC(=O)CC3CSCCN3)ccc21.Cl.Cl. The van der Waals surface area contributed by atoms with E-state index in [1.165, 1.54) is 10.9 Å². The molecule has 7 heteroatoms. The minimum atomic E-state index is 0. The van der Waals surface area contributed by atoms with E-state index in [1.54, 1.807) is 0 Å². The molecule has 0 saturated carbocycles. The van der Waals surface area contributed by atoms with Crippen LogP contribution in [0.4, 0.5) is 5.69 Å². The zero-order valence-corrected chi connectivity index (χ0v) is 17.1. The molecule has 2 N–H and O–H groups in total. The fourth-order valence-corrected chi connectivity index (χ4v) is 3.97. The summed E-state index contributed by atoms with van der Waals surface area (Å²) in [5.74, 6) is 2.86. The van der Waals surface area contributed by atoms with Gasteiger partial charge >= 0.3 is 0 Å². The lowest BCUT2D eigenvalue weighted by molar-refractivity contribution is -0.116. The Labute approximate surface area is 166 Å². The molecule has 1 atom stereocenters. The third kappa shape index (κ3) is 6.10. The molecule has 1 amide bonds. The number of carbonyl (C=O) groups excluding carboxylic acids is 1. The zero-order chi connectivity index (χ0) is 16.2. The van der Waals surface area contributed by atoms with Gasteiger partial charge in [0.1, 0.15) is 0 Å². The second-order valence-corrected chi connectivity index (χ2v) is 7.76. The number of fused-ring (bicyclic) bond motifs is 1. The highest BCUT2D eigenvalue weighted by atomic mass is 35.5. The van der Waals surface area contributed by atoms with Gasteiger partial charge in [-0.05, 0) is 30.2 Å². The molecule has 1 aliphatic rings. The van der Waals surface area contributed by atoms with E-state index in [4.69, 9.17) is 0 Å². The monoisotopic (exact) mass is 403 g/mol. The van der Waals surface area contributed by atoms with Crippen molar-refractivity contribution in [3.8, 4) is 0 Å². The first-order valence-electron chi connectivity index (χ1n) is 8.31. The van der Waals surface area contributed by atoms with Gasteiger partial charge in [0.25, 0.3) is 0 Å². The van der Waals surface area contributed by atoms with Gasteiger partial charge in [0.15, 0.2) is 0 Å². The number of rotatable bonds is 5. The molecule has 0 spiro atoms. The van der Waals surface area contributed by atoms with Crippen LogP contribution in [0.5, 0.6) is 0 Å². The van der Waals surface area contributed by atoms with Crippen molar-refractivity contribution < 1.29 is 4.79 Å². The molecule has 25 heavy (non-hydrogen) atoms. The molecule has 1 unspecified atom stereocenters. The van der Waals surface area contributed by atoms with Crippen molar-refractivity contribution in [2.75, 3.05) is 23.4 Å². The van der Waals surface area contributed by atoms with Crippen molar-refractivity contribution in [1.82, 2.24) is 9.88 Å². The van der Waals surface area contributed by atoms with Crippen molar-refractivity contribution in [1.29, 1.82) is 0 Å². The first-order chi connectivity index (χ1) is 11.1. The average molecular weight is 404 g/mol. The van der Waals surface area contributed by atoms with Crippen LogP contribution in [0.15, 0.2) is 30.5 Å². The summed E-state index contributed by atoms with van der Waals surface area (Å²) in [7, 11) is 0. The van der Waals surface area contributed by atoms with Crippen LogP contribution >= 0.6 is 36.6 Å².